The SMILES string of the molecule is CN1[C@@H](C(=O)N2CCCC2)C[C@@H](c2ccc(F)cc2)NS1(=O)=O. The lowest BCUT2D eigenvalue weighted by molar-refractivity contribution is -0.134. The summed E-state index contributed by atoms with van der Waals surface area (Å²) in [6, 6.07) is 4.41. The number of amides is 1. The zero-order chi connectivity index (χ0) is 16.6. The summed E-state index contributed by atoms with van der Waals surface area (Å²) in [6.45, 7) is 1.36. The molecule has 0 saturated carbocycles. The zero-order valence-corrected chi connectivity index (χ0v) is 13.7. The van der Waals surface area contributed by atoms with Crippen LogP contribution >= 0.6 is 0 Å². The van der Waals surface area contributed by atoms with E-state index >= 15 is 0 Å². The molecule has 0 spiro atoms. The number of likely N-dealkylation sites (N-methyl/N-ethyl adjacent to an activating group) is 1. The minimum Gasteiger partial charge on any atom is -0.341 e. The van der Waals surface area contributed by atoms with Crippen molar-refractivity contribution in [2.45, 2.75) is 31.3 Å². The van der Waals surface area contributed by atoms with Crippen molar-refractivity contribution in [3.05, 3.63) is 35.6 Å². The van der Waals surface area contributed by atoms with Gasteiger partial charge in [0.05, 0.1) is 0 Å². The lowest BCUT2D eigenvalue weighted by Crippen LogP contribution is -2.57. The number of benzene rings is 1. The maximum atomic E-state index is 13.1. The topological polar surface area (TPSA) is 69.7 Å². The van der Waals surface area contributed by atoms with Crippen molar-refractivity contribution in [1.82, 2.24) is 13.9 Å². The second-order valence-electron chi connectivity index (χ2n) is 6.03. The third kappa shape index (κ3) is 3.24. The highest BCUT2D eigenvalue weighted by Gasteiger charge is 2.42. The molecular weight excluding hydrogens is 321 g/mol. The molecule has 0 unspecified atom stereocenters. The summed E-state index contributed by atoms with van der Waals surface area (Å²) < 4.78 is 41.4. The van der Waals surface area contributed by atoms with Crippen molar-refractivity contribution >= 4 is 16.1 Å². The van der Waals surface area contributed by atoms with Gasteiger partial charge in [-0.3, -0.25) is 4.79 Å². The molecule has 0 bridgehead atoms. The monoisotopic (exact) mass is 341 g/mol. The Labute approximate surface area is 135 Å². The first kappa shape index (κ1) is 16.4. The molecule has 126 valence electrons. The second kappa shape index (κ2) is 6.18. The van der Waals surface area contributed by atoms with Gasteiger partial charge in [0, 0.05) is 26.2 Å². The maximum absolute atomic E-state index is 13.1. The highest BCUT2D eigenvalue weighted by molar-refractivity contribution is 7.87. The molecule has 2 heterocycles. The molecule has 0 aromatic heterocycles. The average molecular weight is 341 g/mol. The number of hydrogen-bond donors (Lipinski definition) is 1. The average Bonchev–Trinajstić information content (AvgIpc) is 3.04. The Balaban J connectivity index is 1.86. The molecule has 1 aromatic rings. The number of hydrogen-bond acceptors (Lipinski definition) is 3. The molecule has 2 saturated heterocycles. The van der Waals surface area contributed by atoms with E-state index < -0.39 is 22.3 Å². The van der Waals surface area contributed by atoms with Crippen molar-refractivity contribution in [1.29, 1.82) is 0 Å². The molecule has 6 nitrogen and oxygen atoms in total. The molecule has 2 atom stereocenters. The maximum Gasteiger partial charge on any atom is 0.280 e. The number of carbonyl (C=O) groups excluding carboxylic acids is 1. The highest BCUT2D eigenvalue weighted by Crippen LogP contribution is 2.29. The van der Waals surface area contributed by atoms with Gasteiger partial charge < -0.3 is 4.90 Å². The number of likely N-dealkylation sites (tertiary alicyclic amines) is 1. The molecule has 1 amide bonds. The van der Waals surface area contributed by atoms with Crippen LogP contribution in [0.1, 0.15) is 30.9 Å². The first-order valence-electron chi connectivity index (χ1n) is 7.68. The van der Waals surface area contributed by atoms with Crippen LogP contribution in [0.5, 0.6) is 0 Å². The van der Waals surface area contributed by atoms with Gasteiger partial charge >= 0.3 is 0 Å². The highest BCUT2D eigenvalue weighted by atomic mass is 32.2. The summed E-state index contributed by atoms with van der Waals surface area (Å²) in [6.07, 6.45) is 2.24. The second-order valence-corrected chi connectivity index (χ2v) is 7.79. The van der Waals surface area contributed by atoms with E-state index in [1.165, 1.54) is 19.2 Å². The molecule has 2 fully saturated rings. The summed E-state index contributed by atoms with van der Waals surface area (Å²) >= 11 is 0. The number of nitrogens with one attached hydrogen (secondary N) is 1. The van der Waals surface area contributed by atoms with Crippen molar-refractivity contribution in [2.24, 2.45) is 0 Å². The van der Waals surface area contributed by atoms with E-state index in [1.54, 1.807) is 17.0 Å². The molecular formula is C15H20FN3O3S. The Kier molecular flexibility index (Phi) is 4.39. The number of rotatable bonds is 2. The van der Waals surface area contributed by atoms with Crippen LogP contribution in [0.2, 0.25) is 0 Å². The molecule has 1 N–H and O–H groups in total. The summed E-state index contributed by atoms with van der Waals surface area (Å²) in [5.74, 6) is -0.531. The smallest absolute Gasteiger partial charge is 0.280 e. The minimum absolute atomic E-state index is 0.151. The summed E-state index contributed by atoms with van der Waals surface area (Å²) in [7, 11) is -2.33. The Hall–Kier alpha value is -1.51. The van der Waals surface area contributed by atoms with E-state index in [9.17, 15) is 17.6 Å². The molecule has 2 aliphatic heterocycles. The fraction of sp³-hybridized carbons (Fsp3) is 0.533. The third-order valence-electron chi connectivity index (χ3n) is 4.54. The predicted molar refractivity (Wildman–Crippen MR) is 83.2 cm³/mol. The first-order valence-corrected chi connectivity index (χ1v) is 9.12. The van der Waals surface area contributed by atoms with Gasteiger partial charge in [-0.15, -0.1) is 0 Å². The van der Waals surface area contributed by atoms with Crippen LogP contribution in [0.4, 0.5) is 4.39 Å². The van der Waals surface area contributed by atoms with Crippen molar-refractivity contribution in [3.63, 3.8) is 0 Å². The van der Waals surface area contributed by atoms with Crippen molar-refractivity contribution in [3.8, 4) is 0 Å². The van der Waals surface area contributed by atoms with Crippen LogP contribution in [0, 0.1) is 5.82 Å². The lowest BCUT2D eigenvalue weighted by Gasteiger charge is -2.37. The number of carbonyl (C=O) groups is 1. The Morgan fingerprint density at radius 1 is 1.22 bits per heavy atom. The molecule has 3 rings (SSSR count). The van der Waals surface area contributed by atoms with E-state index in [0.29, 0.717) is 25.1 Å². The van der Waals surface area contributed by atoms with Gasteiger partial charge in [0.25, 0.3) is 10.2 Å². The Bertz CT molecular complexity index is 686. The fourth-order valence-electron chi connectivity index (χ4n) is 3.15. The van der Waals surface area contributed by atoms with Crippen LogP contribution in [-0.4, -0.2) is 49.7 Å². The van der Waals surface area contributed by atoms with Gasteiger partial charge in [-0.1, -0.05) is 12.1 Å². The van der Waals surface area contributed by atoms with Gasteiger partial charge in [-0.2, -0.15) is 17.4 Å². The van der Waals surface area contributed by atoms with Crippen molar-refractivity contribution in [2.75, 3.05) is 20.1 Å². The molecule has 1 aromatic carbocycles. The summed E-state index contributed by atoms with van der Waals surface area (Å²) in [5.41, 5.74) is 0.655. The van der Waals surface area contributed by atoms with Gasteiger partial charge in [0.2, 0.25) is 5.91 Å². The van der Waals surface area contributed by atoms with E-state index in [2.05, 4.69) is 4.72 Å². The number of nitrogens with zero attached hydrogens (tertiary/aromatic N) is 2. The van der Waals surface area contributed by atoms with Gasteiger partial charge in [-0.05, 0) is 37.0 Å². The molecule has 0 aliphatic carbocycles. The Morgan fingerprint density at radius 3 is 2.43 bits per heavy atom. The van der Waals surface area contributed by atoms with Crippen LogP contribution in [0.15, 0.2) is 24.3 Å². The molecule has 8 heteroatoms. The third-order valence-corrected chi connectivity index (χ3v) is 6.14. The molecule has 0 radical (unpaired) electrons. The van der Waals surface area contributed by atoms with Crippen LogP contribution in [0.25, 0.3) is 0 Å². The molecule has 23 heavy (non-hydrogen) atoms. The van der Waals surface area contributed by atoms with E-state index in [-0.39, 0.29) is 11.7 Å². The minimum atomic E-state index is -3.75. The summed E-state index contributed by atoms with van der Waals surface area (Å²) in [5, 5.41) is 0. The van der Waals surface area contributed by atoms with Gasteiger partial charge in [-0.25, -0.2) is 4.39 Å². The summed E-state index contributed by atoms with van der Waals surface area (Å²) in [4.78, 5) is 14.4. The van der Waals surface area contributed by atoms with Gasteiger partial charge in [0.1, 0.15) is 11.9 Å². The zero-order valence-electron chi connectivity index (χ0n) is 12.9. The lowest BCUT2D eigenvalue weighted by atomic mass is 9.99. The van der Waals surface area contributed by atoms with Crippen LogP contribution in [-0.2, 0) is 15.0 Å². The van der Waals surface area contributed by atoms with E-state index in [1.807, 2.05) is 0 Å². The van der Waals surface area contributed by atoms with Crippen molar-refractivity contribution < 1.29 is 17.6 Å². The fourth-order valence-corrected chi connectivity index (χ4v) is 4.42. The number of halogens is 1. The van der Waals surface area contributed by atoms with Gasteiger partial charge in [0.15, 0.2) is 0 Å². The molecule has 2 aliphatic rings. The quantitative estimate of drug-likeness (QED) is 0.873. The normalized spacial score (nSPS) is 28.0. The van der Waals surface area contributed by atoms with E-state index in [4.69, 9.17) is 0 Å². The Morgan fingerprint density at radius 2 is 1.83 bits per heavy atom. The van der Waals surface area contributed by atoms with E-state index in [0.717, 1.165) is 17.1 Å². The predicted octanol–water partition coefficient (Wildman–Crippen LogP) is 1.03. The largest absolute Gasteiger partial charge is 0.341 e. The first-order chi connectivity index (χ1) is 10.9. The van der Waals surface area contributed by atoms with Crippen LogP contribution in [0.3, 0.4) is 0 Å². The standard InChI is InChI=1S/C15H20FN3O3S/c1-18-14(15(20)19-8-2-3-9-19)10-13(17-23(18,21)22)11-4-6-12(16)7-5-11/h4-7,13-14,17H,2-3,8-10H2,1H3/t13-,14+/m0/s1. The van der Waals surface area contributed by atoms with Crippen LogP contribution < -0.4 is 4.72 Å².